The van der Waals surface area contributed by atoms with Gasteiger partial charge >= 0.3 is 5.97 Å². The van der Waals surface area contributed by atoms with Gasteiger partial charge in [-0.05, 0) is 23.3 Å². The summed E-state index contributed by atoms with van der Waals surface area (Å²) in [5.41, 5.74) is 1.53. The second-order valence-electron chi connectivity index (χ2n) is 6.52. The molecule has 0 unspecified atom stereocenters. The highest BCUT2D eigenvalue weighted by Crippen LogP contribution is 2.33. The van der Waals surface area contributed by atoms with Crippen molar-refractivity contribution < 1.29 is 19.1 Å². The molecule has 0 atom stereocenters. The molecule has 0 spiro atoms. The Morgan fingerprint density at radius 3 is 2.00 bits per heavy atom. The van der Waals surface area contributed by atoms with Crippen LogP contribution in [0.3, 0.4) is 0 Å². The molecule has 0 radical (unpaired) electrons. The van der Waals surface area contributed by atoms with E-state index in [1.165, 1.54) is 0 Å². The maximum atomic E-state index is 13.2. The zero-order chi connectivity index (χ0) is 20.4. The number of rotatable bonds is 4. The maximum Gasteiger partial charge on any atom is 0.343 e. The number of benzene rings is 3. The minimum Gasteiger partial charge on any atom is -0.457 e. The maximum absolute atomic E-state index is 13.2. The second-order valence-corrected chi connectivity index (χ2v) is 6.96. The van der Waals surface area contributed by atoms with Crippen LogP contribution >= 0.6 is 11.6 Å². The van der Waals surface area contributed by atoms with Crippen molar-refractivity contribution in [2.75, 3.05) is 0 Å². The third-order valence-electron chi connectivity index (χ3n) is 4.67. The van der Waals surface area contributed by atoms with Gasteiger partial charge in [0.15, 0.2) is 5.78 Å². The van der Waals surface area contributed by atoms with Crippen LogP contribution in [0.25, 0.3) is 5.57 Å². The molecule has 3 aromatic rings. The number of ketones is 2. The lowest BCUT2D eigenvalue weighted by Crippen LogP contribution is -2.27. The first-order chi connectivity index (χ1) is 14.1. The van der Waals surface area contributed by atoms with Gasteiger partial charge in [-0.2, -0.15) is 0 Å². The number of carbonyl (C=O) groups excluding carboxylic acids is 3. The number of ether oxygens (including phenoxy) is 1. The van der Waals surface area contributed by atoms with E-state index < -0.39 is 11.8 Å². The number of hydrogen-bond acceptors (Lipinski definition) is 4. The summed E-state index contributed by atoms with van der Waals surface area (Å²) in [6.07, 6.45) is 0. The summed E-state index contributed by atoms with van der Waals surface area (Å²) in [5, 5.41) is 0.568. The van der Waals surface area contributed by atoms with Gasteiger partial charge in [0.25, 0.3) is 0 Å². The minimum absolute atomic E-state index is 0.0370. The fraction of sp³-hybridized carbons (Fsp3) is 0.0417. The normalized spacial score (nSPS) is 13.3. The molecule has 0 N–H and O–H groups in total. The van der Waals surface area contributed by atoms with E-state index in [1.54, 1.807) is 78.9 Å². The van der Waals surface area contributed by atoms with Crippen molar-refractivity contribution in [3.63, 3.8) is 0 Å². The molecule has 0 amide bonds. The van der Waals surface area contributed by atoms with Gasteiger partial charge in [-0.15, -0.1) is 0 Å². The van der Waals surface area contributed by atoms with Crippen LogP contribution in [0, 0.1) is 0 Å². The summed E-state index contributed by atoms with van der Waals surface area (Å²) in [4.78, 5) is 39.2. The van der Waals surface area contributed by atoms with E-state index in [0.717, 1.165) is 5.56 Å². The van der Waals surface area contributed by atoms with Crippen LogP contribution in [0.5, 0.6) is 0 Å². The summed E-state index contributed by atoms with van der Waals surface area (Å²) in [5.74, 6) is -1.71. The molecule has 29 heavy (non-hydrogen) atoms. The van der Waals surface area contributed by atoms with Crippen molar-refractivity contribution in [2.45, 2.75) is 6.61 Å². The van der Waals surface area contributed by atoms with Gasteiger partial charge in [-0.1, -0.05) is 78.3 Å². The molecule has 5 heteroatoms. The van der Waals surface area contributed by atoms with Gasteiger partial charge in [0.2, 0.25) is 5.78 Å². The van der Waals surface area contributed by atoms with Gasteiger partial charge in [0, 0.05) is 21.7 Å². The first-order valence-corrected chi connectivity index (χ1v) is 9.34. The Bertz CT molecular complexity index is 1150. The Morgan fingerprint density at radius 1 is 0.759 bits per heavy atom. The predicted molar refractivity (Wildman–Crippen MR) is 110 cm³/mol. The third-order valence-corrected chi connectivity index (χ3v) is 4.92. The zero-order valence-electron chi connectivity index (χ0n) is 15.2. The van der Waals surface area contributed by atoms with E-state index in [0.29, 0.717) is 10.6 Å². The Hall–Kier alpha value is -3.50. The molecule has 0 aliphatic heterocycles. The molecule has 1 aliphatic rings. The number of allylic oxidation sites excluding steroid dienone is 1. The number of hydrogen-bond donors (Lipinski definition) is 0. The van der Waals surface area contributed by atoms with Gasteiger partial charge in [0.05, 0.1) is 0 Å². The zero-order valence-corrected chi connectivity index (χ0v) is 16.0. The summed E-state index contributed by atoms with van der Waals surface area (Å²) in [7, 11) is 0. The highest BCUT2D eigenvalue weighted by molar-refractivity contribution is 6.46. The van der Waals surface area contributed by atoms with Crippen molar-refractivity contribution in [1.82, 2.24) is 0 Å². The molecule has 0 fully saturated rings. The van der Waals surface area contributed by atoms with Crippen molar-refractivity contribution in [3.05, 3.63) is 112 Å². The Balaban J connectivity index is 1.75. The van der Waals surface area contributed by atoms with E-state index in [9.17, 15) is 14.4 Å². The summed E-state index contributed by atoms with van der Waals surface area (Å²) >= 11 is 5.87. The van der Waals surface area contributed by atoms with Crippen LogP contribution in [-0.2, 0) is 16.1 Å². The SMILES string of the molecule is O=C(OCc1ccc(Cl)cc1)C1=C(c2ccccc2)C(=O)c2ccccc2C1=O. The van der Waals surface area contributed by atoms with Crippen LogP contribution in [0.15, 0.2) is 84.4 Å². The van der Waals surface area contributed by atoms with Crippen LogP contribution in [0.2, 0.25) is 5.02 Å². The predicted octanol–water partition coefficient (Wildman–Crippen LogP) is 4.92. The largest absolute Gasteiger partial charge is 0.457 e. The highest BCUT2D eigenvalue weighted by atomic mass is 35.5. The number of fused-ring (bicyclic) bond motifs is 1. The number of Topliss-reactive ketones (excluding diaryl/α,β-unsaturated/α-hetero) is 2. The molecular formula is C24H15ClO4. The molecule has 142 valence electrons. The number of halogens is 1. The number of carbonyl (C=O) groups is 3. The van der Waals surface area contributed by atoms with Crippen LogP contribution < -0.4 is 0 Å². The Morgan fingerprint density at radius 2 is 1.34 bits per heavy atom. The summed E-state index contributed by atoms with van der Waals surface area (Å²) in [6.45, 7) is -0.0370. The average molecular weight is 403 g/mol. The standard InChI is InChI=1S/C24H15ClO4/c25-17-12-10-15(11-13-17)14-29-24(28)21-20(16-6-2-1-3-7-16)22(26)18-8-4-5-9-19(18)23(21)27/h1-13H,14H2. The molecule has 0 aromatic heterocycles. The van der Waals surface area contributed by atoms with Crippen molar-refractivity contribution in [1.29, 1.82) is 0 Å². The number of esters is 1. The summed E-state index contributed by atoms with van der Waals surface area (Å²) in [6, 6.07) is 22.0. The van der Waals surface area contributed by atoms with E-state index in [-0.39, 0.29) is 34.7 Å². The lowest BCUT2D eigenvalue weighted by Gasteiger charge is -2.20. The van der Waals surface area contributed by atoms with Gasteiger partial charge in [-0.25, -0.2) is 4.79 Å². The molecule has 4 rings (SSSR count). The van der Waals surface area contributed by atoms with E-state index >= 15 is 0 Å². The van der Waals surface area contributed by atoms with E-state index in [4.69, 9.17) is 16.3 Å². The molecule has 1 aliphatic carbocycles. The van der Waals surface area contributed by atoms with Gasteiger partial charge in [-0.3, -0.25) is 9.59 Å². The van der Waals surface area contributed by atoms with Crippen LogP contribution in [-0.4, -0.2) is 17.5 Å². The monoisotopic (exact) mass is 402 g/mol. The Labute approximate surface area is 172 Å². The van der Waals surface area contributed by atoms with E-state index in [1.807, 2.05) is 0 Å². The van der Waals surface area contributed by atoms with Gasteiger partial charge < -0.3 is 4.74 Å². The molecule has 4 nitrogen and oxygen atoms in total. The topological polar surface area (TPSA) is 60.4 Å². The molecule has 0 saturated heterocycles. The van der Waals surface area contributed by atoms with Gasteiger partial charge in [0.1, 0.15) is 12.2 Å². The molecule has 0 heterocycles. The molecule has 3 aromatic carbocycles. The average Bonchev–Trinajstić information content (AvgIpc) is 2.76. The first-order valence-electron chi connectivity index (χ1n) is 8.96. The molecule has 0 bridgehead atoms. The fourth-order valence-electron chi connectivity index (χ4n) is 3.25. The van der Waals surface area contributed by atoms with Crippen molar-refractivity contribution in [2.24, 2.45) is 0 Å². The van der Waals surface area contributed by atoms with E-state index in [2.05, 4.69) is 0 Å². The Kier molecular flexibility index (Phi) is 5.10. The summed E-state index contributed by atoms with van der Waals surface area (Å²) < 4.78 is 5.38. The van der Waals surface area contributed by atoms with Crippen molar-refractivity contribution in [3.8, 4) is 0 Å². The first kappa shape index (κ1) is 18.8. The lowest BCUT2D eigenvalue weighted by molar-refractivity contribution is -0.139. The quantitative estimate of drug-likeness (QED) is 0.459. The van der Waals surface area contributed by atoms with Crippen LogP contribution in [0.4, 0.5) is 0 Å². The lowest BCUT2D eigenvalue weighted by atomic mass is 9.81. The fourth-order valence-corrected chi connectivity index (χ4v) is 3.38. The molecular weight excluding hydrogens is 388 g/mol. The highest BCUT2D eigenvalue weighted by Gasteiger charge is 2.37. The van der Waals surface area contributed by atoms with Crippen LogP contribution in [0.1, 0.15) is 31.8 Å². The van der Waals surface area contributed by atoms with Crippen molar-refractivity contribution >= 4 is 34.7 Å². The smallest absolute Gasteiger partial charge is 0.343 e. The second kappa shape index (κ2) is 7.86. The third kappa shape index (κ3) is 3.62. The minimum atomic E-state index is -0.827. The molecule has 0 saturated carbocycles.